The van der Waals surface area contributed by atoms with Crippen LogP contribution in [0.2, 0.25) is 0 Å². The Hall–Kier alpha value is -1.13. The third-order valence-electron chi connectivity index (χ3n) is 2.46. The first-order valence-electron chi connectivity index (χ1n) is 5.33. The molecule has 0 aliphatic carbocycles. The molecule has 4 heteroatoms. The summed E-state index contributed by atoms with van der Waals surface area (Å²) in [4.78, 5) is 2.64. The molecule has 16 heavy (non-hydrogen) atoms. The molecule has 3 nitrogen and oxygen atoms in total. The molecule has 0 heterocycles. The van der Waals surface area contributed by atoms with Crippen LogP contribution < -0.4 is 10.6 Å². The quantitative estimate of drug-likeness (QED) is 0.767. The number of hydrogen-bond donors (Lipinski definition) is 1. The second kappa shape index (κ2) is 6.45. The van der Waals surface area contributed by atoms with Crippen LogP contribution in [0.1, 0.15) is 12.5 Å². The van der Waals surface area contributed by atoms with Gasteiger partial charge in [-0.05, 0) is 19.1 Å². The van der Waals surface area contributed by atoms with Gasteiger partial charge in [0.1, 0.15) is 4.99 Å². The third-order valence-corrected chi connectivity index (χ3v) is 2.68. The van der Waals surface area contributed by atoms with Crippen molar-refractivity contribution in [2.45, 2.75) is 6.92 Å². The van der Waals surface area contributed by atoms with Crippen molar-refractivity contribution in [3.8, 4) is 0 Å². The smallest absolute Gasteiger partial charge is 0.106 e. The van der Waals surface area contributed by atoms with Crippen LogP contribution in [0.3, 0.4) is 0 Å². The molecule has 0 atom stereocenters. The summed E-state index contributed by atoms with van der Waals surface area (Å²) < 4.78 is 5.09. The molecule has 0 aliphatic heterocycles. The SMILES string of the molecule is CCN(CCOC)c1ccccc1C(N)=S. The lowest BCUT2D eigenvalue weighted by Crippen LogP contribution is -2.29. The van der Waals surface area contributed by atoms with E-state index in [1.165, 1.54) is 0 Å². The molecule has 0 saturated carbocycles. The van der Waals surface area contributed by atoms with Crippen LogP contribution in [0.25, 0.3) is 0 Å². The summed E-state index contributed by atoms with van der Waals surface area (Å²) >= 11 is 5.05. The van der Waals surface area contributed by atoms with Gasteiger partial charge in [0.15, 0.2) is 0 Å². The zero-order chi connectivity index (χ0) is 12.0. The molecule has 0 amide bonds. The van der Waals surface area contributed by atoms with Gasteiger partial charge in [0.05, 0.1) is 6.61 Å². The predicted octanol–water partition coefficient (Wildman–Crippen LogP) is 1.79. The number of nitrogens with two attached hydrogens (primary N) is 1. The van der Waals surface area contributed by atoms with Crippen molar-refractivity contribution in [1.29, 1.82) is 0 Å². The maximum Gasteiger partial charge on any atom is 0.106 e. The second-order valence-electron chi connectivity index (χ2n) is 3.45. The molecule has 0 spiro atoms. The van der Waals surface area contributed by atoms with Crippen LogP contribution in [0, 0.1) is 0 Å². The van der Waals surface area contributed by atoms with E-state index in [-0.39, 0.29) is 0 Å². The average molecular weight is 238 g/mol. The van der Waals surface area contributed by atoms with E-state index in [1.807, 2.05) is 24.3 Å². The fourth-order valence-electron chi connectivity index (χ4n) is 1.61. The molecule has 1 rings (SSSR count). The minimum absolute atomic E-state index is 0.437. The van der Waals surface area contributed by atoms with Crippen molar-refractivity contribution in [3.63, 3.8) is 0 Å². The van der Waals surface area contributed by atoms with Gasteiger partial charge < -0.3 is 15.4 Å². The van der Waals surface area contributed by atoms with Crippen molar-refractivity contribution in [3.05, 3.63) is 29.8 Å². The summed E-state index contributed by atoms with van der Waals surface area (Å²) in [6, 6.07) is 7.93. The Labute approximate surface area is 102 Å². The highest BCUT2D eigenvalue weighted by molar-refractivity contribution is 7.80. The Kier molecular flexibility index (Phi) is 5.22. The maximum atomic E-state index is 5.71. The zero-order valence-corrected chi connectivity index (χ0v) is 10.6. The Morgan fingerprint density at radius 3 is 2.69 bits per heavy atom. The van der Waals surface area contributed by atoms with Crippen LogP contribution in [0.4, 0.5) is 5.69 Å². The first-order chi connectivity index (χ1) is 7.70. The number of thiocarbonyl (C=S) groups is 1. The van der Waals surface area contributed by atoms with Gasteiger partial charge in [0.2, 0.25) is 0 Å². The Balaban J connectivity index is 2.94. The number of likely N-dealkylation sites (N-methyl/N-ethyl adjacent to an activating group) is 1. The van der Waals surface area contributed by atoms with Crippen molar-refractivity contribution in [2.24, 2.45) is 5.73 Å². The highest BCUT2D eigenvalue weighted by Gasteiger charge is 2.10. The van der Waals surface area contributed by atoms with E-state index in [2.05, 4.69) is 11.8 Å². The normalized spacial score (nSPS) is 10.1. The summed E-state index contributed by atoms with van der Waals surface area (Å²) in [5.74, 6) is 0. The largest absolute Gasteiger partial charge is 0.389 e. The number of rotatable bonds is 6. The van der Waals surface area contributed by atoms with Gasteiger partial charge in [-0.1, -0.05) is 24.4 Å². The van der Waals surface area contributed by atoms with E-state index in [0.29, 0.717) is 11.6 Å². The number of anilines is 1. The molecular formula is C12H18N2OS. The van der Waals surface area contributed by atoms with Crippen LogP contribution in [-0.2, 0) is 4.74 Å². The molecule has 0 unspecified atom stereocenters. The Morgan fingerprint density at radius 1 is 1.44 bits per heavy atom. The maximum absolute atomic E-state index is 5.71. The van der Waals surface area contributed by atoms with Crippen LogP contribution in [-0.4, -0.2) is 31.8 Å². The molecule has 0 radical (unpaired) electrons. The predicted molar refractivity (Wildman–Crippen MR) is 72.1 cm³/mol. The molecule has 0 aromatic heterocycles. The number of methoxy groups -OCH3 is 1. The topological polar surface area (TPSA) is 38.5 Å². The van der Waals surface area contributed by atoms with E-state index in [1.54, 1.807) is 7.11 Å². The first kappa shape index (κ1) is 12.9. The van der Waals surface area contributed by atoms with Crippen LogP contribution in [0.15, 0.2) is 24.3 Å². The number of ether oxygens (including phenoxy) is 1. The van der Waals surface area contributed by atoms with E-state index in [4.69, 9.17) is 22.7 Å². The minimum atomic E-state index is 0.437. The van der Waals surface area contributed by atoms with Gasteiger partial charge in [-0.25, -0.2) is 0 Å². The number of para-hydroxylation sites is 1. The molecule has 0 fully saturated rings. The highest BCUT2D eigenvalue weighted by atomic mass is 32.1. The Morgan fingerprint density at radius 2 is 2.12 bits per heavy atom. The second-order valence-corrected chi connectivity index (χ2v) is 3.89. The van der Waals surface area contributed by atoms with Crippen LogP contribution in [0.5, 0.6) is 0 Å². The fourth-order valence-corrected chi connectivity index (χ4v) is 1.78. The van der Waals surface area contributed by atoms with E-state index < -0.39 is 0 Å². The summed E-state index contributed by atoms with van der Waals surface area (Å²) in [7, 11) is 1.70. The lowest BCUT2D eigenvalue weighted by Gasteiger charge is -2.25. The van der Waals surface area contributed by atoms with Crippen molar-refractivity contribution >= 4 is 22.9 Å². The number of benzene rings is 1. The lowest BCUT2D eigenvalue weighted by molar-refractivity contribution is 0.205. The van der Waals surface area contributed by atoms with Gasteiger partial charge in [-0.15, -0.1) is 0 Å². The number of hydrogen-bond acceptors (Lipinski definition) is 3. The molecule has 0 aliphatic rings. The Bertz CT molecular complexity index is 355. The van der Waals surface area contributed by atoms with Crippen molar-refractivity contribution in [2.75, 3.05) is 31.7 Å². The van der Waals surface area contributed by atoms with E-state index in [9.17, 15) is 0 Å². The van der Waals surface area contributed by atoms with Gasteiger partial charge in [0.25, 0.3) is 0 Å². The first-order valence-corrected chi connectivity index (χ1v) is 5.74. The zero-order valence-electron chi connectivity index (χ0n) is 9.77. The lowest BCUT2D eigenvalue weighted by atomic mass is 10.1. The average Bonchev–Trinajstić information content (AvgIpc) is 2.30. The summed E-state index contributed by atoms with van der Waals surface area (Å²) in [6.45, 7) is 4.54. The van der Waals surface area contributed by atoms with Crippen molar-refractivity contribution < 1.29 is 4.74 Å². The molecule has 88 valence electrons. The van der Waals surface area contributed by atoms with Crippen molar-refractivity contribution in [1.82, 2.24) is 0 Å². The summed E-state index contributed by atoms with van der Waals surface area (Å²) in [6.07, 6.45) is 0. The molecule has 1 aromatic carbocycles. The van der Waals surface area contributed by atoms with Crippen LogP contribution >= 0.6 is 12.2 Å². The molecule has 2 N–H and O–H groups in total. The standard InChI is InChI=1S/C12H18N2OS/c1-3-14(8-9-15-2)11-7-5-4-6-10(11)12(13)16/h4-7H,3,8-9H2,1-2H3,(H2,13,16). The molecular weight excluding hydrogens is 220 g/mol. The third kappa shape index (κ3) is 3.18. The minimum Gasteiger partial charge on any atom is -0.389 e. The monoisotopic (exact) mass is 238 g/mol. The van der Waals surface area contributed by atoms with Gasteiger partial charge >= 0.3 is 0 Å². The summed E-state index contributed by atoms with van der Waals surface area (Å²) in [5.41, 5.74) is 7.71. The van der Waals surface area contributed by atoms with E-state index >= 15 is 0 Å². The molecule has 0 bridgehead atoms. The van der Waals surface area contributed by atoms with E-state index in [0.717, 1.165) is 24.3 Å². The van der Waals surface area contributed by atoms with Gasteiger partial charge in [-0.3, -0.25) is 0 Å². The molecule has 1 aromatic rings. The van der Waals surface area contributed by atoms with Gasteiger partial charge in [-0.2, -0.15) is 0 Å². The number of nitrogens with zero attached hydrogens (tertiary/aromatic N) is 1. The molecule has 0 saturated heterocycles. The highest BCUT2D eigenvalue weighted by Crippen LogP contribution is 2.19. The van der Waals surface area contributed by atoms with Gasteiger partial charge in [0, 0.05) is 31.5 Å². The summed E-state index contributed by atoms with van der Waals surface area (Å²) in [5, 5.41) is 0. The fraction of sp³-hybridized carbons (Fsp3) is 0.417.